The molecule has 1 N–H and O–H groups in total. The Morgan fingerprint density at radius 3 is 3.10 bits per heavy atom. The van der Waals surface area contributed by atoms with Gasteiger partial charge in [-0.3, -0.25) is 4.40 Å². The molecule has 1 saturated carbocycles. The molecule has 0 bridgehead atoms. The van der Waals surface area contributed by atoms with Gasteiger partial charge in [-0.15, -0.1) is 11.3 Å². The average molecular weight is 336 g/mol. The fraction of sp³-hybridized carbons (Fsp3) is 0.545. The van der Waals surface area contributed by atoms with Gasteiger partial charge in [0, 0.05) is 24.7 Å². The summed E-state index contributed by atoms with van der Waals surface area (Å²) in [5, 5.41) is 1.76. The predicted octanol–water partition coefficient (Wildman–Crippen LogP) is 1.89. The van der Waals surface area contributed by atoms with Gasteiger partial charge in [-0.1, -0.05) is 11.6 Å². The van der Waals surface area contributed by atoms with Crippen molar-refractivity contribution >= 4 is 37.9 Å². The molecule has 20 heavy (non-hydrogen) atoms. The van der Waals surface area contributed by atoms with Crippen molar-refractivity contribution in [3.8, 4) is 0 Å². The van der Waals surface area contributed by atoms with E-state index in [0.29, 0.717) is 4.96 Å². The normalized spacial score (nSPS) is 23.7. The molecule has 2 heterocycles. The van der Waals surface area contributed by atoms with Crippen LogP contribution < -0.4 is 4.72 Å². The number of fused-ring (bicyclic) bond motifs is 1. The van der Waals surface area contributed by atoms with E-state index in [1.807, 2.05) is 0 Å². The first-order valence-corrected chi connectivity index (χ1v) is 8.93. The van der Waals surface area contributed by atoms with Crippen LogP contribution in [0.4, 0.5) is 0 Å². The van der Waals surface area contributed by atoms with Gasteiger partial charge in [0.05, 0.1) is 6.10 Å². The van der Waals surface area contributed by atoms with Crippen molar-refractivity contribution < 1.29 is 13.2 Å². The number of thiazole rings is 1. The molecule has 0 saturated heterocycles. The molecular formula is C11H14ClN3O3S2. The summed E-state index contributed by atoms with van der Waals surface area (Å²) in [6.07, 6.45) is 4.13. The van der Waals surface area contributed by atoms with Crippen LogP contribution >= 0.6 is 22.9 Å². The Labute approximate surface area is 125 Å². The number of ether oxygens (including phenoxy) is 1. The number of nitrogens with one attached hydrogen (secondary N) is 1. The van der Waals surface area contributed by atoms with E-state index in [4.69, 9.17) is 16.3 Å². The standard InChI is InChI=1S/C11H14ClN3O3S2/c1-18-8-4-2-3-7(8)14-20(16,17)10-9(12)13-11-15(10)5-6-19-11/h5-8,14H,2-4H2,1H3. The fourth-order valence-corrected chi connectivity index (χ4v) is 5.33. The Morgan fingerprint density at radius 2 is 2.35 bits per heavy atom. The predicted molar refractivity (Wildman–Crippen MR) is 76.8 cm³/mol. The first kappa shape index (κ1) is 14.3. The van der Waals surface area contributed by atoms with Crippen LogP contribution in [0, 0.1) is 0 Å². The summed E-state index contributed by atoms with van der Waals surface area (Å²) in [5.41, 5.74) is 0. The lowest BCUT2D eigenvalue weighted by atomic mass is 10.2. The maximum atomic E-state index is 12.5. The lowest BCUT2D eigenvalue weighted by Gasteiger charge is -2.19. The molecule has 0 amide bonds. The number of hydrogen-bond acceptors (Lipinski definition) is 5. The molecule has 110 valence electrons. The molecule has 2 aromatic rings. The minimum atomic E-state index is -3.73. The van der Waals surface area contributed by atoms with Crippen LogP contribution in [0.1, 0.15) is 19.3 Å². The number of halogens is 1. The number of methoxy groups -OCH3 is 1. The summed E-state index contributed by atoms with van der Waals surface area (Å²) in [7, 11) is -2.13. The molecule has 2 atom stereocenters. The highest BCUT2D eigenvalue weighted by molar-refractivity contribution is 7.89. The van der Waals surface area contributed by atoms with Crippen molar-refractivity contribution in [3.05, 3.63) is 16.7 Å². The van der Waals surface area contributed by atoms with Crippen molar-refractivity contribution in [1.82, 2.24) is 14.1 Å². The molecule has 0 aliphatic heterocycles. The number of aromatic nitrogens is 2. The van der Waals surface area contributed by atoms with Crippen molar-refractivity contribution in [2.45, 2.75) is 36.4 Å². The third kappa shape index (κ3) is 2.35. The van der Waals surface area contributed by atoms with E-state index in [9.17, 15) is 8.42 Å². The van der Waals surface area contributed by atoms with Crippen molar-refractivity contribution in [2.24, 2.45) is 0 Å². The van der Waals surface area contributed by atoms with Gasteiger partial charge in [-0.25, -0.2) is 18.1 Å². The van der Waals surface area contributed by atoms with Gasteiger partial charge in [0.1, 0.15) is 0 Å². The lowest BCUT2D eigenvalue weighted by Crippen LogP contribution is -2.41. The molecule has 0 spiro atoms. The van der Waals surface area contributed by atoms with E-state index in [-0.39, 0.29) is 22.3 Å². The van der Waals surface area contributed by atoms with Crippen LogP contribution in [0.5, 0.6) is 0 Å². The minimum Gasteiger partial charge on any atom is -0.380 e. The van der Waals surface area contributed by atoms with Gasteiger partial charge in [0.15, 0.2) is 15.1 Å². The molecule has 0 aromatic carbocycles. The van der Waals surface area contributed by atoms with E-state index < -0.39 is 10.0 Å². The second-order valence-corrected chi connectivity index (χ2v) is 7.56. The smallest absolute Gasteiger partial charge is 0.260 e. The second-order valence-electron chi connectivity index (χ2n) is 4.70. The summed E-state index contributed by atoms with van der Waals surface area (Å²) in [5.74, 6) is 0. The molecule has 1 fully saturated rings. The van der Waals surface area contributed by atoms with Gasteiger partial charge >= 0.3 is 0 Å². The van der Waals surface area contributed by atoms with Crippen LogP contribution in [0.2, 0.25) is 5.15 Å². The van der Waals surface area contributed by atoms with Crippen LogP contribution in [0.3, 0.4) is 0 Å². The highest BCUT2D eigenvalue weighted by Gasteiger charge is 2.34. The molecule has 2 aromatic heterocycles. The number of rotatable bonds is 4. The van der Waals surface area contributed by atoms with Crippen LogP contribution in [-0.2, 0) is 14.8 Å². The summed E-state index contributed by atoms with van der Waals surface area (Å²) in [6, 6.07) is -0.217. The molecular weight excluding hydrogens is 322 g/mol. The van der Waals surface area contributed by atoms with Gasteiger partial charge in [-0.05, 0) is 19.3 Å². The average Bonchev–Trinajstić information content (AvgIpc) is 3.03. The molecule has 9 heteroatoms. The summed E-state index contributed by atoms with van der Waals surface area (Å²) < 4.78 is 34.6. The summed E-state index contributed by atoms with van der Waals surface area (Å²) in [6.45, 7) is 0. The Balaban J connectivity index is 1.95. The molecule has 0 radical (unpaired) electrons. The fourth-order valence-electron chi connectivity index (χ4n) is 2.58. The lowest BCUT2D eigenvalue weighted by molar-refractivity contribution is 0.0916. The van der Waals surface area contributed by atoms with E-state index in [0.717, 1.165) is 19.3 Å². The Morgan fingerprint density at radius 1 is 1.55 bits per heavy atom. The molecule has 1 aliphatic rings. The first-order valence-electron chi connectivity index (χ1n) is 6.19. The van der Waals surface area contributed by atoms with Gasteiger partial charge in [-0.2, -0.15) is 0 Å². The Bertz CT molecular complexity index is 724. The van der Waals surface area contributed by atoms with Crippen molar-refractivity contribution in [2.75, 3.05) is 7.11 Å². The first-order chi connectivity index (χ1) is 9.53. The molecule has 3 rings (SSSR count). The number of sulfonamides is 1. The zero-order chi connectivity index (χ0) is 14.3. The maximum absolute atomic E-state index is 12.5. The summed E-state index contributed by atoms with van der Waals surface area (Å²) >= 11 is 7.31. The van der Waals surface area contributed by atoms with Gasteiger partial charge < -0.3 is 4.74 Å². The van der Waals surface area contributed by atoms with Crippen molar-refractivity contribution in [1.29, 1.82) is 0 Å². The highest BCUT2D eigenvalue weighted by atomic mass is 35.5. The minimum absolute atomic E-state index is 0.00262. The molecule has 6 nitrogen and oxygen atoms in total. The largest absolute Gasteiger partial charge is 0.380 e. The Hall–Kier alpha value is -0.670. The Kier molecular flexibility index (Phi) is 3.76. The highest BCUT2D eigenvalue weighted by Crippen LogP contribution is 2.28. The molecule has 2 unspecified atom stereocenters. The quantitative estimate of drug-likeness (QED) is 0.926. The van der Waals surface area contributed by atoms with E-state index in [1.165, 1.54) is 15.7 Å². The van der Waals surface area contributed by atoms with E-state index in [2.05, 4.69) is 9.71 Å². The van der Waals surface area contributed by atoms with Crippen LogP contribution in [0.15, 0.2) is 16.6 Å². The number of imidazole rings is 1. The second kappa shape index (κ2) is 5.27. The molecule has 1 aliphatic carbocycles. The topological polar surface area (TPSA) is 72.7 Å². The van der Waals surface area contributed by atoms with Crippen LogP contribution in [0.25, 0.3) is 4.96 Å². The monoisotopic (exact) mass is 335 g/mol. The van der Waals surface area contributed by atoms with Crippen molar-refractivity contribution in [3.63, 3.8) is 0 Å². The van der Waals surface area contributed by atoms with Gasteiger partial charge in [0.25, 0.3) is 10.0 Å². The maximum Gasteiger partial charge on any atom is 0.260 e. The zero-order valence-corrected chi connectivity index (χ0v) is 13.1. The van der Waals surface area contributed by atoms with E-state index in [1.54, 1.807) is 18.7 Å². The summed E-state index contributed by atoms with van der Waals surface area (Å²) in [4.78, 5) is 4.61. The van der Waals surface area contributed by atoms with Crippen LogP contribution in [-0.4, -0.2) is 37.1 Å². The third-order valence-corrected chi connectivity index (χ3v) is 6.14. The SMILES string of the molecule is COC1CCCC1NS(=O)(=O)c1c(Cl)nc2sccn12. The number of hydrogen-bond donors (Lipinski definition) is 1. The van der Waals surface area contributed by atoms with E-state index >= 15 is 0 Å². The van der Waals surface area contributed by atoms with Gasteiger partial charge in [0.2, 0.25) is 0 Å². The number of nitrogens with zero attached hydrogens (tertiary/aromatic N) is 2. The third-order valence-electron chi connectivity index (χ3n) is 3.49. The zero-order valence-electron chi connectivity index (χ0n) is 10.7.